The Morgan fingerprint density at radius 2 is 2.11 bits per heavy atom. The number of nitrogens with two attached hydrogens (primary N) is 1. The number of rotatable bonds is 8. The Kier molecular flexibility index (Phi) is 5.87. The van der Waals surface area contributed by atoms with Crippen molar-refractivity contribution in [3.8, 4) is 17.3 Å². The molecule has 3 rings (SSSR count). The van der Waals surface area contributed by atoms with Crippen molar-refractivity contribution in [2.75, 3.05) is 12.3 Å². The van der Waals surface area contributed by atoms with Crippen molar-refractivity contribution in [1.29, 1.82) is 0 Å². The van der Waals surface area contributed by atoms with Crippen molar-refractivity contribution in [3.63, 3.8) is 0 Å². The number of carboxylic acid groups (broad SMARTS) is 1. The number of carboxylic acids is 1. The number of unbranched alkanes of at least 4 members (excludes halogenated alkanes) is 1. The van der Waals surface area contributed by atoms with Crippen LogP contribution in [0.25, 0.3) is 11.5 Å². The van der Waals surface area contributed by atoms with Crippen LogP contribution in [-0.4, -0.2) is 37.4 Å². The van der Waals surface area contributed by atoms with Crippen LogP contribution in [0, 0.1) is 0 Å². The van der Waals surface area contributed by atoms with Gasteiger partial charge in [-0.2, -0.15) is 0 Å². The fraction of sp³-hybridized carbons (Fsp3) is 0.222. The van der Waals surface area contributed by atoms with E-state index in [0.717, 1.165) is 12.8 Å². The van der Waals surface area contributed by atoms with E-state index in [0.29, 0.717) is 41.3 Å². The highest BCUT2D eigenvalue weighted by molar-refractivity contribution is 6.31. The average Bonchev–Trinajstić information content (AvgIpc) is 3.11. The maximum atomic E-state index is 11.2. The summed E-state index contributed by atoms with van der Waals surface area (Å²) in [7, 11) is 0. The summed E-state index contributed by atoms with van der Waals surface area (Å²) in [4.78, 5) is 15.5. The Labute approximate surface area is 160 Å². The van der Waals surface area contributed by atoms with Crippen molar-refractivity contribution in [2.45, 2.75) is 19.4 Å². The standard InChI is InChI=1S/C18H18ClN5O3/c19-12-6-7-15(13(10-12)18(25)26)27-9-2-1-8-24-11-21-23-17(24)14-4-3-5-16(20)22-14/h3-7,10-11H,1-2,8-9H2,(H2,20,22)(H,25,26). The molecule has 0 unspecified atom stereocenters. The van der Waals surface area contributed by atoms with E-state index >= 15 is 0 Å². The summed E-state index contributed by atoms with van der Waals surface area (Å²) in [5.41, 5.74) is 6.43. The number of ether oxygens (including phenoxy) is 1. The minimum atomic E-state index is -1.07. The minimum absolute atomic E-state index is 0.0522. The van der Waals surface area contributed by atoms with E-state index in [1.807, 2.05) is 16.7 Å². The van der Waals surface area contributed by atoms with Crippen molar-refractivity contribution >= 4 is 23.4 Å². The number of halogens is 1. The largest absolute Gasteiger partial charge is 0.493 e. The smallest absolute Gasteiger partial charge is 0.339 e. The molecule has 0 saturated heterocycles. The van der Waals surface area contributed by atoms with Gasteiger partial charge in [0.05, 0.1) is 6.61 Å². The van der Waals surface area contributed by atoms with Crippen molar-refractivity contribution in [3.05, 3.63) is 53.3 Å². The van der Waals surface area contributed by atoms with E-state index in [-0.39, 0.29) is 5.56 Å². The topological polar surface area (TPSA) is 116 Å². The van der Waals surface area contributed by atoms with Gasteiger partial charge < -0.3 is 20.1 Å². The summed E-state index contributed by atoms with van der Waals surface area (Å²) in [6, 6.07) is 9.90. The molecule has 3 N–H and O–H groups in total. The molecule has 0 fully saturated rings. The van der Waals surface area contributed by atoms with Crippen LogP contribution in [0.15, 0.2) is 42.7 Å². The molecule has 2 heterocycles. The second-order valence-electron chi connectivity index (χ2n) is 5.80. The van der Waals surface area contributed by atoms with Crippen LogP contribution < -0.4 is 10.5 Å². The molecular formula is C18H18ClN5O3. The molecule has 0 bridgehead atoms. The van der Waals surface area contributed by atoms with Gasteiger partial charge in [-0.25, -0.2) is 9.78 Å². The fourth-order valence-electron chi connectivity index (χ4n) is 2.55. The molecule has 1 aromatic carbocycles. The Morgan fingerprint density at radius 1 is 1.26 bits per heavy atom. The predicted octanol–water partition coefficient (Wildman–Crippen LogP) is 3.13. The number of anilines is 1. The maximum absolute atomic E-state index is 11.2. The summed E-state index contributed by atoms with van der Waals surface area (Å²) in [6.45, 7) is 1.06. The number of carbonyl (C=O) groups is 1. The van der Waals surface area contributed by atoms with Crippen LogP contribution >= 0.6 is 11.6 Å². The van der Waals surface area contributed by atoms with Crippen molar-refractivity contribution in [2.24, 2.45) is 0 Å². The summed E-state index contributed by atoms with van der Waals surface area (Å²) in [6.07, 6.45) is 3.16. The lowest BCUT2D eigenvalue weighted by Crippen LogP contribution is -2.06. The molecule has 0 atom stereocenters. The van der Waals surface area contributed by atoms with E-state index in [9.17, 15) is 9.90 Å². The van der Waals surface area contributed by atoms with Crippen LogP contribution in [0.5, 0.6) is 5.75 Å². The molecule has 0 spiro atoms. The van der Waals surface area contributed by atoms with Crippen molar-refractivity contribution in [1.82, 2.24) is 19.7 Å². The monoisotopic (exact) mass is 387 g/mol. The summed E-state index contributed by atoms with van der Waals surface area (Å²) in [5.74, 6) is 0.304. The van der Waals surface area contributed by atoms with Crippen LogP contribution in [0.2, 0.25) is 5.02 Å². The molecule has 0 aliphatic heterocycles. The number of hydrogen-bond acceptors (Lipinski definition) is 6. The van der Waals surface area contributed by atoms with Gasteiger partial charge in [-0.3, -0.25) is 0 Å². The first-order valence-corrected chi connectivity index (χ1v) is 8.69. The Hall–Kier alpha value is -3.13. The molecule has 0 aliphatic carbocycles. The summed E-state index contributed by atoms with van der Waals surface area (Å²) < 4.78 is 7.49. The third kappa shape index (κ3) is 4.73. The SMILES string of the molecule is Nc1cccc(-c2nncn2CCCCOc2ccc(Cl)cc2C(=O)O)n1. The molecule has 0 amide bonds. The van der Waals surface area contributed by atoms with Gasteiger partial charge in [0, 0.05) is 11.6 Å². The van der Waals surface area contributed by atoms with Crippen LogP contribution in [0.1, 0.15) is 23.2 Å². The number of aromatic nitrogens is 4. The van der Waals surface area contributed by atoms with E-state index in [2.05, 4.69) is 15.2 Å². The summed E-state index contributed by atoms with van der Waals surface area (Å²) >= 11 is 5.83. The van der Waals surface area contributed by atoms with Crippen LogP contribution in [0.4, 0.5) is 5.82 Å². The van der Waals surface area contributed by atoms with Gasteiger partial charge in [-0.1, -0.05) is 17.7 Å². The number of pyridine rings is 1. The first kappa shape index (κ1) is 18.7. The van der Waals surface area contributed by atoms with Gasteiger partial charge in [-0.15, -0.1) is 10.2 Å². The molecular weight excluding hydrogens is 370 g/mol. The zero-order valence-corrected chi connectivity index (χ0v) is 15.1. The first-order chi connectivity index (χ1) is 13.0. The van der Waals surface area contributed by atoms with Gasteiger partial charge in [0.25, 0.3) is 0 Å². The fourth-order valence-corrected chi connectivity index (χ4v) is 2.73. The number of nitrogen functional groups attached to an aromatic ring is 1. The highest BCUT2D eigenvalue weighted by Gasteiger charge is 2.12. The van der Waals surface area contributed by atoms with Gasteiger partial charge in [0.2, 0.25) is 0 Å². The highest BCUT2D eigenvalue weighted by Crippen LogP contribution is 2.23. The minimum Gasteiger partial charge on any atom is -0.493 e. The average molecular weight is 388 g/mol. The molecule has 27 heavy (non-hydrogen) atoms. The molecule has 8 nitrogen and oxygen atoms in total. The zero-order chi connectivity index (χ0) is 19.2. The molecule has 0 aliphatic rings. The van der Waals surface area contributed by atoms with Crippen molar-refractivity contribution < 1.29 is 14.6 Å². The maximum Gasteiger partial charge on any atom is 0.339 e. The van der Waals surface area contributed by atoms with Crippen LogP contribution in [-0.2, 0) is 6.54 Å². The van der Waals surface area contributed by atoms with E-state index < -0.39 is 5.97 Å². The van der Waals surface area contributed by atoms with Gasteiger partial charge in [-0.05, 0) is 43.2 Å². The predicted molar refractivity (Wildman–Crippen MR) is 101 cm³/mol. The number of aryl methyl sites for hydroxylation is 1. The third-order valence-electron chi connectivity index (χ3n) is 3.84. The van der Waals surface area contributed by atoms with Gasteiger partial charge in [0.15, 0.2) is 5.82 Å². The third-order valence-corrected chi connectivity index (χ3v) is 4.07. The molecule has 140 valence electrons. The Bertz CT molecular complexity index is 944. The lowest BCUT2D eigenvalue weighted by Gasteiger charge is -2.10. The Balaban J connectivity index is 1.54. The van der Waals surface area contributed by atoms with E-state index in [1.54, 1.807) is 24.5 Å². The summed E-state index contributed by atoms with van der Waals surface area (Å²) in [5, 5.41) is 17.6. The zero-order valence-electron chi connectivity index (χ0n) is 14.4. The van der Waals surface area contributed by atoms with Crippen LogP contribution in [0.3, 0.4) is 0 Å². The van der Waals surface area contributed by atoms with Gasteiger partial charge in [0.1, 0.15) is 29.2 Å². The second kappa shape index (κ2) is 8.50. The molecule has 0 radical (unpaired) electrons. The van der Waals surface area contributed by atoms with E-state index in [1.165, 1.54) is 6.07 Å². The lowest BCUT2D eigenvalue weighted by atomic mass is 10.2. The quantitative estimate of drug-likeness (QED) is 0.570. The van der Waals surface area contributed by atoms with E-state index in [4.69, 9.17) is 22.1 Å². The number of hydrogen-bond donors (Lipinski definition) is 2. The Morgan fingerprint density at radius 3 is 2.89 bits per heavy atom. The number of benzene rings is 1. The number of aromatic carboxylic acids is 1. The highest BCUT2D eigenvalue weighted by atomic mass is 35.5. The molecule has 0 saturated carbocycles. The molecule has 9 heteroatoms. The normalized spacial score (nSPS) is 10.7. The molecule has 3 aromatic rings. The lowest BCUT2D eigenvalue weighted by molar-refractivity contribution is 0.0692. The second-order valence-corrected chi connectivity index (χ2v) is 6.23. The van der Waals surface area contributed by atoms with Gasteiger partial charge >= 0.3 is 5.97 Å². The number of nitrogens with zero attached hydrogens (tertiary/aromatic N) is 4. The molecule has 2 aromatic heterocycles. The first-order valence-electron chi connectivity index (χ1n) is 8.31.